The molecular weight excluding hydrogens is 322 g/mol. The summed E-state index contributed by atoms with van der Waals surface area (Å²) >= 11 is 1.40. The summed E-state index contributed by atoms with van der Waals surface area (Å²) < 4.78 is 0. The fraction of sp³-hybridized carbons (Fsp3) is 0.167. The first-order valence-electron chi connectivity index (χ1n) is 7.57. The quantitative estimate of drug-likeness (QED) is 0.664. The van der Waals surface area contributed by atoms with Crippen molar-refractivity contribution in [3.63, 3.8) is 0 Å². The van der Waals surface area contributed by atoms with Gasteiger partial charge in [0, 0.05) is 11.3 Å². The molecule has 2 aromatic carbocycles. The predicted molar refractivity (Wildman–Crippen MR) is 96.2 cm³/mol. The Morgan fingerprint density at radius 3 is 2.79 bits per heavy atom. The number of hydrogen-bond acceptors (Lipinski definition) is 4. The minimum Gasteiger partial charge on any atom is -0.324 e. The summed E-state index contributed by atoms with van der Waals surface area (Å²) in [5.41, 5.74) is 5.33. The molecule has 1 aliphatic heterocycles. The number of hydrogen-bond donors (Lipinski definition) is 2. The van der Waals surface area contributed by atoms with E-state index in [1.54, 1.807) is 6.21 Å². The van der Waals surface area contributed by atoms with Crippen LogP contribution >= 0.6 is 11.8 Å². The van der Waals surface area contributed by atoms with E-state index < -0.39 is 5.25 Å². The maximum absolute atomic E-state index is 12.1. The van der Waals surface area contributed by atoms with Crippen molar-refractivity contribution >= 4 is 35.5 Å². The molecule has 0 bridgehead atoms. The molecule has 0 aromatic heterocycles. The number of benzene rings is 2. The van der Waals surface area contributed by atoms with Crippen molar-refractivity contribution in [2.75, 3.05) is 5.32 Å². The second-order valence-corrected chi connectivity index (χ2v) is 6.74. The first-order chi connectivity index (χ1) is 11.6. The number of carbonyl (C=O) groups excluding carboxylic acids is 2. The third-order valence-electron chi connectivity index (χ3n) is 3.56. The van der Waals surface area contributed by atoms with Gasteiger partial charge in [0.05, 0.1) is 17.2 Å². The van der Waals surface area contributed by atoms with Gasteiger partial charge in [0.25, 0.3) is 0 Å². The molecule has 122 valence electrons. The topological polar surface area (TPSA) is 70.6 Å². The number of fused-ring (bicyclic) bond motifs is 1. The third kappa shape index (κ3) is 4.02. The van der Waals surface area contributed by atoms with E-state index in [9.17, 15) is 9.59 Å². The number of aryl methyl sites for hydroxylation is 1. The van der Waals surface area contributed by atoms with Gasteiger partial charge in [-0.3, -0.25) is 9.59 Å². The molecule has 3 rings (SSSR count). The maximum atomic E-state index is 12.1. The average molecular weight is 339 g/mol. The minimum atomic E-state index is -0.450. The highest BCUT2D eigenvalue weighted by Crippen LogP contribution is 2.36. The Hall–Kier alpha value is -2.60. The highest BCUT2D eigenvalue weighted by molar-refractivity contribution is 8.01. The molecule has 0 saturated heterocycles. The van der Waals surface area contributed by atoms with E-state index >= 15 is 0 Å². The van der Waals surface area contributed by atoms with Crippen LogP contribution in [0, 0.1) is 6.92 Å². The van der Waals surface area contributed by atoms with E-state index in [0.717, 1.165) is 21.7 Å². The lowest BCUT2D eigenvalue weighted by Crippen LogP contribution is -2.33. The monoisotopic (exact) mass is 339 g/mol. The lowest BCUT2D eigenvalue weighted by Gasteiger charge is -2.23. The summed E-state index contributed by atoms with van der Waals surface area (Å²) in [6, 6.07) is 15.4. The standard InChI is InChI=1S/C18H17N3O2S/c1-12-6-8-13(9-7-12)11-19-21-17(22)10-16-18(23)20-14-4-2-3-5-15(14)24-16/h2-9,11,16H,10H2,1H3,(H,20,23)(H,21,22). The highest BCUT2D eigenvalue weighted by atomic mass is 32.2. The first kappa shape index (κ1) is 16.3. The lowest BCUT2D eigenvalue weighted by atomic mass is 10.2. The fourth-order valence-corrected chi connectivity index (χ4v) is 3.38. The molecule has 1 heterocycles. The zero-order chi connectivity index (χ0) is 16.9. The second kappa shape index (κ2) is 7.31. The van der Waals surface area contributed by atoms with Gasteiger partial charge in [-0.1, -0.05) is 42.0 Å². The van der Waals surface area contributed by atoms with Gasteiger partial charge in [-0.15, -0.1) is 11.8 Å². The van der Waals surface area contributed by atoms with Crippen LogP contribution in [0.2, 0.25) is 0 Å². The average Bonchev–Trinajstić information content (AvgIpc) is 2.57. The number of nitrogens with zero attached hydrogens (tertiary/aromatic N) is 1. The van der Waals surface area contributed by atoms with Crippen LogP contribution < -0.4 is 10.7 Å². The molecule has 1 aliphatic rings. The van der Waals surface area contributed by atoms with Crippen molar-refractivity contribution in [1.82, 2.24) is 5.43 Å². The molecule has 2 aromatic rings. The van der Waals surface area contributed by atoms with Crippen LogP contribution in [-0.2, 0) is 9.59 Å². The summed E-state index contributed by atoms with van der Waals surface area (Å²) in [6.07, 6.45) is 1.66. The number of para-hydroxylation sites is 1. The molecule has 2 N–H and O–H groups in total. The van der Waals surface area contributed by atoms with E-state index in [2.05, 4.69) is 15.8 Å². The Balaban J connectivity index is 1.55. The van der Waals surface area contributed by atoms with Crippen LogP contribution in [0.25, 0.3) is 0 Å². The van der Waals surface area contributed by atoms with Gasteiger partial charge in [0.2, 0.25) is 11.8 Å². The Morgan fingerprint density at radius 2 is 2.00 bits per heavy atom. The maximum Gasteiger partial charge on any atom is 0.241 e. The zero-order valence-corrected chi connectivity index (χ0v) is 14.0. The molecule has 2 amide bonds. The molecule has 0 aliphatic carbocycles. The molecular formula is C18H17N3O2S. The number of rotatable bonds is 4. The van der Waals surface area contributed by atoms with E-state index in [-0.39, 0.29) is 18.2 Å². The molecule has 0 spiro atoms. The van der Waals surface area contributed by atoms with Crippen LogP contribution in [0.3, 0.4) is 0 Å². The number of nitrogens with one attached hydrogen (secondary N) is 2. The Bertz CT molecular complexity index is 787. The first-order valence-corrected chi connectivity index (χ1v) is 8.45. The number of anilines is 1. The summed E-state index contributed by atoms with van der Waals surface area (Å²) in [7, 11) is 0. The number of carbonyl (C=O) groups is 2. The van der Waals surface area contributed by atoms with Gasteiger partial charge in [0.1, 0.15) is 0 Å². The third-order valence-corrected chi connectivity index (χ3v) is 4.83. The molecule has 5 nitrogen and oxygen atoms in total. The van der Waals surface area contributed by atoms with Gasteiger partial charge in [-0.2, -0.15) is 5.10 Å². The van der Waals surface area contributed by atoms with Gasteiger partial charge in [-0.05, 0) is 24.6 Å². The smallest absolute Gasteiger partial charge is 0.241 e. The lowest BCUT2D eigenvalue weighted by molar-refractivity contribution is -0.124. The van der Waals surface area contributed by atoms with Crippen molar-refractivity contribution in [2.24, 2.45) is 5.10 Å². The predicted octanol–water partition coefficient (Wildman–Crippen LogP) is 2.95. The summed E-state index contributed by atoms with van der Waals surface area (Å²) in [5, 5.41) is 6.32. The van der Waals surface area contributed by atoms with Crippen molar-refractivity contribution in [3.8, 4) is 0 Å². The number of hydrazone groups is 1. The van der Waals surface area contributed by atoms with Crippen molar-refractivity contribution in [3.05, 3.63) is 59.7 Å². The van der Waals surface area contributed by atoms with Gasteiger partial charge in [-0.25, -0.2) is 5.43 Å². The molecule has 0 radical (unpaired) electrons. The Morgan fingerprint density at radius 1 is 1.25 bits per heavy atom. The van der Waals surface area contributed by atoms with Gasteiger partial charge in [0.15, 0.2) is 0 Å². The van der Waals surface area contributed by atoms with Crippen LogP contribution in [0.5, 0.6) is 0 Å². The summed E-state index contributed by atoms with van der Waals surface area (Å²) in [4.78, 5) is 25.0. The number of amides is 2. The van der Waals surface area contributed by atoms with E-state index in [4.69, 9.17) is 0 Å². The van der Waals surface area contributed by atoms with E-state index in [0.29, 0.717) is 0 Å². The molecule has 1 unspecified atom stereocenters. The Kier molecular flexibility index (Phi) is 4.96. The SMILES string of the molecule is Cc1ccc(C=NNC(=O)CC2Sc3ccccc3NC2=O)cc1. The fourth-order valence-electron chi connectivity index (χ4n) is 2.27. The second-order valence-electron chi connectivity index (χ2n) is 5.50. The van der Waals surface area contributed by atoms with E-state index in [1.165, 1.54) is 11.8 Å². The van der Waals surface area contributed by atoms with Gasteiger partial charge >= 0.3 is 0 Å². The van der Waals surface area contributed by atoms with Crippen molar-refractivity contribution < 1.29 is 9.59 Å². The van der Waals surface area contributed by atoms with Gasteiger partial charge < -0.3 is 5.32 Å². The normalized spacial score (nSPS) is 16.5. The van der Waals surface area contributed by atoms with Crippen molar-refractivity contribution in [2.45, 2.75) is 23.5 Å². The molecule has 6 heteroatoms. The Labute approximate surface area is 144 Å². The highest BCUT2D eigenvalue weighted by Gasteiger charge is 2.28. The van der Waals surface area contributed by atoms with E-state index in [1.807, 2.05) is 55.5 Å². The minimum absolute atomic E-state index is 0.0794. The summed E-state index contributed by atoms with van der Waals surface area (Å²) in [5.74, 6) is -0.443. The van der Waals surface area contributed by atoms with Crippen molar-refractivity contribution in [1.29, 1.82) is 0 Å². The van der Waals surface area contributed by atoms with Crippen LogP contribution in [0.4, 0.5) is 5.69 Å². The molecule has 0 fully saturated rings. The molecule has 1 atom stereocenters. The van der Waals surface area contributed by atoms with Crippen LogP contribution in [0.15, 0.2) is 58.5 Å². The van der Waals surface area contributed by atoms with Crippen LogP contribution in [0.1, 0.15) is 17.5 Å². The number of thioether (sulfide) groups is 1. The molecule has 0 saturated carbocycles. The van der Waals surface area contributed by atoms with Crippen LogP contribution in [-0.4, -0.2) is 23.3 Å². The zero-order valence-electron chi connectivity index (χ0n) is 13.2. The molecule has 24 heavy (non-hydrogen) atoms. The summed E-state index contributed by atoms with van der Waals surface area (Å²) in [6.45, 7) is 2.01. The largest absolute Gasteiger partial charge is 0.324 e.